The minimum atomic E-state index is -4.10. The van der Waals surface area contributed by atoms with Gasteiger partial charge in [0.15, 0.2) is 0 Å². The van der Waals surface area contributed by atoms with E-state index >= 15 is 0 Å². The van der Waals surface area contributed by atoms with Crippen molar-refractivity contribution >= 4 is 0 Å². The number of hydrogen-bond donors (Lipinski definition) is 1. The molecule has 22 heavy (non-hydrogen) atoms. The lowest BCUT2D eigenvalue weighted by molar-refractivity contribution is -0.124. The number of nitrogens with one attached hydrogen (secondary N) is 1. The van der Waals surface area contributed by atoms with Crippen molar-refractivity contribution in [2.75, 3.05) is 26.2 Å². The molecule has 0 bridgehead atoms. The molecule has 1 heterocycles. The van der Waals surface area contributed by atoms with Crippen LogP contribution in [0.25, 0.3) is 0 Å². The highest BCUT2D eigenvalue weighted by atomic mass is 19.4. The Kier molecular flexibility index (Phi) is 6.26. The molecular formula is C17H25F3N2. The molecule has 2 rings (SSSR count). The summed E-state index contributed by atoms with van der Waals surface area (Å²) in [6.07, 6.45) is -1.09. The SMILES string of the molecule is Cc1ccc(CN2CCC(CCNCC(F)(F)F)CC2)cc1. The van der Waals surface area contributed by atoms with Crippen molar-refractivity contribution in [3.05, 3.63) is 35.4 Å². The number of nitrogens with zero attached hydrogens (tertiary/aromatic N) is 1. The Morgan fingerprint density at radius 1 is 1.14 bits per heavy atom. The highest BCUT2D eigenvalue weighted by molar-refractivity contribution is 5.21. The second-order valence-electron chi connectivity index (χ2n) is 6.29. The van der Waals surface area contributed by atoms with Gasteiger partial charge in [0, 0.05) is 6.54 Å². The van der Waals surface area contributed by atoms with Gasteiger partial charge >= 0.3 is 6.18 Å². The average Bonchev–Trinajstić information content (AvgIpc) is 2.47. The van der Waals surface area contributed by atoms with Gasteiger partial charge in [-0.05, 0) is 57.3 Å². The molecule has 0 amide bonds. The van der Waals surface area contributed by atoms with Crippen molar-refractivity contribution in [3.63, 3.8) is 0 Å². The number of alkyl halides is 3. The van der Waals surface area contributed by atoms with Crippen LogP contribution in [-0.2, 0) is 6.54 Å². The number of rotatable bonds is 6. The van der Waals surface area contributed by atoms with E-state index in [0.29, 0.717) is 12.5 Å². The predicted octanol–water partition coefficient (Wildman–Crippen LogP) is 3.75. The lowest BCUT2D eigenvalue weighted by atomic mass is 9.93. The van der Waals surface area contributed by atoms with Crippen molar-refractivity contribution in [1.82, 2.24) is 10.2 Å². The van der Waals surface area contributed by atoms with Crippen LogP contribution in [0.2, 0.25) is 0 Å². The van der Waals surface area contributed by atoms with Crippen LogP contribution >= 0.6 is 0 Å². The smallest absolute Gasteiger partial charge is 0.309 e. The van der Waals surface area contributed by atoms with Crippen LogP contribution in [-0.4, -0.2) is 37.3 Å². The van der Waals surface area contributed by atoms with Gasteiger partial charge in [-0.1, -0.05) is 29.8 Å². The number of aryl methyl sites for hydroxylation is 1. The molecule has 1 fully saturated rings. The zero-order valence-corrected chi connectivity index (χ0v) is 13.1. The van der Waals surface area contributed by atoms with E-state index in [1.807, 2.05) is 0 Å². The second-order valence-corrected chi connectivity index (χ2v) is 6.29. The predicted molar refractivity (Wildman–Crippen MR) is 82.7 cm³/mol. The summed E-state index contributed by atoms with van der Waals surface area (Å²) in [5, 5.41) is 2.49. The lowest BCUT2D eigenvalue weighted by Crippen LogP contribution is -2.35. The van der Waals surface area contributed by atoms with Gasteiger partial charge in [0.1, 0.15) is 0 Å². The van der Waals surface area contributed by atoms with Gasteiger partial charge in [0.05, 0.1) is 6.54 Å². The quantitative estimate of drug-likeness (QED) is 0.805. The Hall–Kier alpha value is -1.07. The summed E-state index contributed by atoms with van der Waals surface area (Å²) >= 11 is 0. The number of piperidine rings is 1. The van der Waals surface area contributed by atoms with Crippen molar-refractivity contribution < 1.29 is 13.2 Å². The molecule has 5 heteroatoms. The van der Waals surface area contributed by atoms with Gasteiger partial charge in [-0.25, -0.2) is 0 Å². The minimum absolute atomic E-state index is 0.460. The zero-order chi connectivity index (χ0) is 16.0. The fraction of sp³-hybridized carbons (Fsp3) is 0.647. The maximum atomic E-state index is 12.0. The highest BCUT2D eigenvalue weighted by Crippen LogP contribution is 2.22. The zero-order valence-electron chi connectivity index (χ0n) is 13.1. The summed E-state index contributed by atoms with van der Waals surface area (Å²) in [6.45, 7) is 4.72. The van der Waals surface area contributed by atoms with Gasteiger partial charge in [-0.2, -0.15) is 13.2 Å². The van der Waals surface area contributed by atoms with E-state index in [4.69, 9.17) is 0 Å². The average molecular weight is 314 g/mol. The van der Waals surface area contributed by atoms with Crippen molar-refractivity contribution in [1.29, 1.82) is 0 Å². The first-order valence-corrected chi connectivity index (χ1v) is 7.98. The number of hydrogen-bond acceptors (Lipinski definition) is 2. The number of benzene rings is 1. The molecule has 124 valence electrons. The fourth-order valence-electron chi connectivity index (χ4n) is 2.92. The molecule has 0 saturated carbocycles. The topological polar surface area (TPSA) is 15.3 Å². The standard InChI is InChI=1S/C17H25F3N2/c1-14-2-4-16(5-3-14)12-22-10-7-15(8-11-22)6-9-21-13-17(18,19)20/h2-5,15,21H,6-13H2,1H3. The van der Waals surface area contributed by atoms with E-state index in [1.54, 1.807) is 0 Å². The van der Waals surface area contributed by atoms with Gasteiger partial charge < -0.3 is 5.32 Å². The third-order valence-corrected chi connectivity index (χ3v) is 4.29. The van der Waals surface area contributed by atoms with Crippen LogP contribution < -0.4 is 5.32 Å². The lowest BCUT2D eigenvalue weighted by Gasteiger charge is -2.32. The molecule has 0 spiro atoms. The molecule has 1 N–H and O–H groups in total. The maximum absolute atomic E-state index is 12.0. The number of likely N-dealkylation sites (tertiary alicyclic amines) is 1. The Morgan fingerprint density at radius 3 is 2.36 bits per heavy atom. The summed E-state index contributed by atoms with van der Waals surface area (Å²) in [7, 11) is 0. The molecule has 0 unspecified atom stereocenters. The van der Waals surface area contributed by atoms with E-state index in [0.717, 1.165) is 38.9 Å². The summed E-state index contributed by atoms with van der Waals surface area (Å²) in [5.41, 5.74) is 2.60. The first-order chi connectivity index (χ1) is 10.4. The molecule has 1 saturated heterocycles. The summed E-state index contributed by atoms with van der Waals surface area (Å²) in [6, 6.07) is 8.60. The van der Waals surface area contributed by atoms with Gasteiger partial charge in [-0.15, -0.1) is 0 Å². The maximum Gasteiger partial charge on any atom is 0.401 e. The van der Waals surface area contributed by atoms with Gasteiger partial charge in [0.2, 0.25) is 0 Å². The van der Waals surface area contributed by atoms with Crippen molar-refractivity contribution in [2.45, 2.75) is 38.9 Å². The molecule has 0 aromatic heterocycles. The Morgan fingerprint density at radius 2 is 1.77 bits per heavy atom. The Labute approximate surface area is 130 Å². The second kappa shape index (κ2) is 7.97. The molecule has 1 aliphatic rings. The van der Waals surface area contributed by atoms with Gasteiger partial charge in [-0.3, -0.25) is 4.90 Å². The molecule has 1 aliphatic heterocycles. The molecular weight excluding hydrogens is 289 g/mol. The van der Waals surface area contributed by atoms with Crippen LogP contribution in [0, 0.1) is 12.8 Å². The Balaban J connectivity index is 1.62. The van der Waals surface area contributed by atoms with E-state index in [9.17, 15) is 13.2 Å². The third kappa shape index (κ3) is 6.36. The van der Waals surface area contributed by atoms with Crippen molar-refractivity contribution in [2.24, 2.45) is 5.92 Å². The van der Waals surface area contributed by atoms with E-state index in [1.165, 1.54) is 11.1 Å². The van der Waals surface area contributed by atoms with Crippen LogP contribution in [0.5, 0.6) is 0 Å². The third-order valence-electron chi connectivity index (χ3n) is 4.29. The molecule has 1 aromatic carbocycles. The number of halogens is 3. The molecule has 1 aromatic rings. The largest absolute Gasteiger partial charge is 0.401 e. The molecule has 0 atom stereocenters. The van der Waals surface area contributed by atoms with Crippen LogP contribution in [0.4, 0.5) is 13.2 Å². The first kappa shape index (κ1) is 17.3. The fourth-order valence-corrected chi connectivity index (χ4v) is 2.92. The molecule has 2 nitrogen and oxygen atoms in total. The van der Waals surface area contributed by atoms with E-state index < -0.39 is 12.7 Å². The normalized spacial score (nSPS) is 17.8. The molecule has 0 aliphatic carbocycles. The first-order valence-electron chi connectivity index (χ1n) is 7.98. The summed E-state index contributed by atoms with van der Waals surface area (Å²) in [5.74, 6) is 0.551. The van der Waals surface area contributed by atoms with Crippen LogP contribution in [0.3, 0.4) is 0 Å². The van der Waals surface area contributed by atoms with Crippen LogP contribution in [0.15, 0.2) is 24.3 Å². The van der Waals surface area contributed by atoms with Gasteiger partial charge in [0.25, 0.3) is 0 Å². The monoisotopic (exact) mass is 314 g/mol. The summed E-state index contributed by atoms with van der Waals surface area (Å²) < 4.78 is 36.1. The minimum Gasteiger partial charge on any atom is -0.309 e. The van der Waals surface area contributed by atoms with E-state index in [2.05, 4.69) is 41.4 Å². The van der Waals surface area contributed by atoms with Crippen LogP contribution in [0.1, 0.15) is 30.4 Å². The van der Waals surface area contributed by atoms with Crippen molar-refractivity contribution in [3.8, 4) is 0 Å². The molecule has 0 radical (unpaired) electrons. The Bertz CT molecular complexity index is 434. The summed E-state index contributed by atoms with van der Waals surface area (Å²) in [4.78, 5) is 2.43. The highest BCUT2D eigenvalue weighted by Gasteiger charge is 2.26. The van der Waals surface area contributed by atoms with E-state index in [-0.39, 0.29) is 0 Å².